The van der Waals surface area contributed by atoms with Crippen molar-refractivity contribution >= 4 is 0 Å². The van der Waals surface area contributed by atoms with E-state index in [1.54, 1.807) is 18.6 Å². The molecule has 0 saturated carbocycles. The lowest BCUT2D eigenvalue weighted by Crippen LogP contribution is -1.72. The Balaban J connectivity index is 0. The number of hydrogen-bond acceptors (Lipinski definition) is 2. The Morgan fingerprint density at radius 1 is 0.667 bits per heavy atom. The molecule has 0 aliphatic rings. The van der Waals surface area contributed by atoms with E-state index in [1.807, 2.05) is 78.8 Å². The van der Waals surface area contributed by atoms with Gasteiger partial charge < -0.3 is 8.83 Å². The number of hydrogen-bond donors (Lipinski definition) is 0. The van der Waals surface area contributed by atoms with E-state index in [9.17, 15) is 4.39 Å². The Morgan fingerprint density at radius 2 is 1.12 bits per heavy atom. The molecule has 3 aromatic rings. The van der Waals surface area contributed by atoms with E-state index in [2.05, 4.69) is 0 Å². The first-order valence-corrected chi connectivity index (χ1v) is 8.30. The molecular formula is C21H31FO2. The molecule has 0 spiro atoms. The summed E-state index contributed by atoms with van der Waals surface area (Å²) in [5.41, 5.74) is 0.963. The molecule has 0 saturated heterocycles. The van der Waals surface area contributed by atoms with E-state index in [0.717, 1.165) is 17.1 Å². The lowest BCUT2D eigenvalue weighted by Gasteiger charge is -1.87. The SMILES string of the molecule is CC.CC.Cc1cccc(F)c1.Cc1ccco1.Cc1ccco1. The van der Waals surface area contributed by atoms with Crippen LogP contribution in [0.2, 0.25) is 0 Å². The summed E-state index contributed by atoms with van der Waals surface area (Å²) in [5.74, 6) is 1.77. The maximum Gasteiger partial charge on any atom is 0.123 e. The second-order valence-electron chi connectivity index (χ2n) is 4.25. The number of halogens is 1. The number of benzene rings is 1. The summed E-state index contributed by atoms with van der Waals surface area (Å²) in [7, 11) is 0. The highest BCUT2D eigenvalue weighted by Gasteiger charge is 1.84. The molecule has 134 valence electrons. The molecule has 2 nitrogen and oxygen atoms in total. The molecule has 0 aliphatic heterocycles. The van der Waals surface area contributed by atoms with Gasteiger partial charge in [0.2, 0.25) is 0 Å². The molecule has 3 rings (SSSR count). The van der Waals surface area contributed by atoms with Crippen LogP contribution >= 0.6 is 0 Å². The first-order chi connectivity index (χ1) is 11.6. The third kappa shape index (κ3) is 14.6. The van der Waals surface area contributed by atoms with Crippen LogP contribution in [0.1, 0.15) is 44.8 Å². The molecule has 0 bridgehead atoms. The largest absolute Gasteiger partial charge is 0.470 e. The third-order valence-corrected chi connectivity index (χ3v) is 2.31. The molecule has 0 unspecified atom stereocenters. The van der Waals surface area contributed by atoms with Crippen molar-refractivity contribution in [1.29, 1.82) is 0 Å². The maximum atomic E-state index is 12.2. The average molecular weight is 334 g/mol. The molecule has 0 atom stereocenters. The maximum absolute atomic E-state index is 12.2. The Morgan fingerprint density at radius 3 is 1.29 bits per heavy atom. The summed E-state index contributed by atoms with van der Waals surface area (Å²) >= 11 is 0. The van der Waals surface area contributed by atoms with Crippen LogP contribution in [-0.2, 0) is 0 Å². The zero-order valence-corrected chi connectivity index (χ0v) is 16.0. The smallest absolute Gasteiger partial charge is 0.123 e. The minimum Gasteiger partial charge on any atom is -0.470 e. The van der Waals surface area contributed by atoms with Gasteiger partial charge in [-0.2, -0.15) is 0 Å². The standard InChI is InChI=1S/C7H7F.2C5H6O.2C2H6/c1-6-3-2-4-7(8)5-6;2*1-5-3-2-4-6-5;2*1-2/h2-5H,1H3;2*2-4H,1H3;2*1-2H3. The van der Waals surface area contributed by atoms with Crippen LogP contribution in [0.15, 0.2) is 69.9 Å². The predicted octanol–water partition coefficient (Wildman–Crippen LogP) is 7.36. The van der Waals surface area contributed by atoms with Crippen LogP contribution < -0.4 is 0 Å². The summed E-state index contributed by atoms with van der Waals surface area (Å²) in [5, 5.41) is 0. The summed E-state index contributed by atoms with van der Waals surface area (Å²) in [6, 6.07) is 14.1. The first kappa shape index (κ1) is 24.0. The highest BCUT2D eigenvalue weighted by molar-refractivity contribution is 5.13. The van der Waals surface area contributed by atoms with Gasteiger partial charge in [-0.1, -0.05) is 39.8 Å². The van der Waals surface area contributed by atoms with Gasteiger partial charge >= 0.3 is 0 Å². The fourth-order valence-electron chi connectivity index (χ4n) is 1.33. The Kier molecular flexibility index (Phi) is 17.0. The highest BCUT2D eigenvalue weighted by atomic mass is 19.1. The second-order valence-corrected chi connectivity index (χ2v) is 4.25. The molecule has 0 aliphatic carbocycles. The van der Waals surface area contributed by atoms with Crippen molar-refractivity contribution in [2.24, 2.45) is 0 Å². The van der Waals surface area contributed by atoms with E-state index < -0.39 is 0 Å². The number of aryl methyl sites for hydroxylation is 3. The van der Waals surface area contributed by atoms with Crippen molar-refractivity contribution in [2.45, 2.75) is 48.5 Å². The fourth-order valence-corrected chi connectivity index (χ4v) is 1.33. The minimum atomic E-state index is -0.162. The summed E-state index contributed by atoms with van der Waals surface area (Å²) < 4.78 is 21.8. The zero-order chi connectivity index (χ0) is 18.8. The van der Waals surface area contributed by atoms with Crippen molar-refractivity contribution in [3.8, 4) is 0 Å². The molecular weight excluding hydrogens is 303 g/mol. The summed E-state index contributed by atoms with van der Waals surface area (Å²) in [4.78, 5) is 0. The second kappa shape index (κ2) is 17.1. The topological polar surface area (TPSA) is 26.3 Å². The van der Waals surface area contributed by atoms with Gasteiger partial charge in [-0.15, -0.1) is 0 Å². The van der Waals surface area contributed by atoms with Crippen LogP contribution in [0.3, 0.4) is 0 Å². The van der Waals surface area contributed by atoms with E-state index in [-0.39, 0.29) is 5.82 Å². The molecule has 0 amide bonds. The molecule has 0 radical (unpaired) electrons. The van der Waals surface area contributed by atoms with E-state index in [0.29, 0.717) is 0 Å². The van der Waals surface area contributed by atoms with Gasteiger partial charge in [0.15, 0.2) is 0 Å². The van der Waals surface area contributed by atoms with E-state index >= 15 is 0 Å². The predicted molar refractivity (Wildman–Crippen MR) is 101 cm³/mol. The molecule has 24 heavy (non-hydrogen) atoms. The Bertz CT molecular complexity index is 520. The fraction of sp³-hybridized carbons (Fsp3) is 0.333. The van der Waals surface area contributed by atoms with Crippen molar-refractivity contribution < 1.29 is 13.2 Å². The van der Waals surface area contributed by atoms with Crippen LogP contribution in [-0.4, -0.2) is 0 Å². The van der Waals surface area contributed by atoms with Crippen LogP contribution in [0.5, 0.6) is 0 Å². The van der Waals surface area contributed by atoms with Gasteiger partial charge in [0.05, 0.1) is 12.5 Å². The van der Waals surface area contributed by atoms with Gasteiger partial charge in [-0.25, -0.2) is 4.39 Å². The van der Waals surface area contributed by atoms with Gasteiger partial charge in [-0.05, 0) is 62.7 Å². The van der Waals surface area contributed by atoms with Crippen molar-refractivity contribution in [1.82, 2.24) is 0 Å². The number of rotatable bonds is 0. The zero-order valence-electron chi connectivity index (χ0n) is 16.0. The molecule has 2 aromatic heterocycles. The van der Waals surface area contributed by atoms with E-state index in [1.165, 1.54) is 12.1 Å². The van der Waals surface area contributed by atoms with Crippen molar-refractivity contribution in [3.05, 3.63) is 84.0 Å². The van der Waals surface area contributed by atoms with Crippen molar-refractivity contribution in [2.75, 3.05) is 0 Å². The van der Waals surface area contributed by atoms with E-state index in [4.69, 9.17) is 8.83 Å². The van der Waals surface area contributed by atoms with Crippen LogP contribution in [0.25, 0.3) is 0 Å². The lowest BCUT2D eigenvalue weighted by molar-refractivity contribution is 0.534. The number of furan rings is 2. The Labute approximate surface area is 146 Å². The minimum absolute atomic E-state index is 0.162. The molecule has 0 N–H and O–H groups in total. The average Bonchev–Trinajstić information content (AvgIpc) is 3.26. The van der Waals surface area contributed by atoms with Gasteiger partial charge in [0.25, 0.3) is 0 Å². The van der Waals surface area contributed by atoms with Crippen LogP contribution in [0.4, 0.5) is 4.39 Å². The highest BCUT2D eigenvalue weighted by Crippen LogP contribution is 1.99. The lowest BCUT2D eigenvalue weighted by atomic mass is 10.2. The van der Waals surface area contributed by atoms with Gasteiger partial charge in [0.1, 0.15) is 17.3 Å². The van der Waals surface area contributed by atoms with Crippen LogP contribution in [0, 0.1) is 26.6 Å². The quantitative estimate of drug-likeness (QED) is 0.429. The normalized spacial score (nSPS) is 8.00. The molecule has 0 fully saturated rings. The van der Waals surface area contributed by atoms with Crippen molar-refractivity contribution in [3.63, 3.8) is 0 Å². The van der Waals surface area contributed by atoms with Gasteiger partial charge in [0, 0.05) is 0 Å². The van der Waals surface area contributed by atoms with Gasteiger partial charge in [-0.3, -0.25) is 0 Å². The summed E-state index contributed by atoms with van der Waals surface area (Å²) in [6.45, 7) is 13.7. The Hall–Kier alpha value is -2.29. The monoisotopic (exact) mass is 334 g/mol. The molecule has 1 aromatic carbocycles. The molecule has 2 heterocycles. The third-order valence-electron chi connectivity index (χ3n) is 2.31. The first-order valence-electron chi connectivity index (χ1n) is 8.30. The molecule has 3 heteroatoms. The summed E-state index contributed by atoms with van der Waals surface area (Å²) in [6.07, 6.45) is 3.32.